The minimum atomic E-state index is -2.92. The number of Topliss-reactive ketones (excluding diaryl/α,β-unsaturated/α-hetero) is 2. The van der Waals surface area contributed by atoms with E-state index < -0.39 is 75.6 Å². The number of hydrogen-bond acceptors (Lipinski definition) is 10. The van der Waals surface area contributed by atoms with E-state index in [-0.39, 0.29) is 11.3 Å². The number of aliphatic hydroxyl groups is 4. The van der Waals surface area contributed by atoms with Gasteiger partial charge in [-0.2, -0.15) is 0 Å². The van der Waals surface area contributed by atoms with Crippen LogP contribution in [0.3, 0.4) is 0 Å². The van der Waals surface area contributed by atoms with Gasteiger partial charge in [-0.15, -0.1) is 0 Å². The minimum absolute atomic E-state index is 0.0350. The molecule has 11 nitrogen and oxygen atoms in total. The first-order chi connectivity index (χ1) is 16.2. The molecule has 1 aromatic carbocycles. The van der Waals surface area contributed by atoms with Crippen molar-refractivity contribution in [1.29, 1.82) is 0 Å². The van der Waals surface area contributed by atoms with Crippen LogP contribution in [0.4, 0.5) is 5.69 Å². The Morgan fingerprint density at radius 2 is 1.69 bits per heavy atom. The van der Waals surface area contributed by atoms with Crippen molar-refractivity contribution in [2.75, 3.05) is 33.1 Å². The highest BCUT2D eigenvalue weighted by molar-refractivity contribution is 6.24. The maximum Gasteiger partial charge on any atom is 0.255 e. The number of benzene rings is 1. The largest absolute Gasteiger partial charge is 0.508 e. The number of aromatic hydroxyl groups is 1. The lowest BCUT2D eigenvalue weighted by atomic mass is 9.54. The third-order valence-corrected chi connectivity index (χ3v) is 7.57. The number of nitrogens with two attached hydrogens (primary N) is 1. The van der Waals surface area contributed by atoms with Crippen LogP contribution in [0.2, 0.25) is 0 Å². The van der Waals surface area contributed by atoms with Gasteiger partial charge in [0.15, 0.2) is 11.4 Å². The number of phenols is 1. The third-order valence-electron chi connectivity index (χ3n) is 7.57. The third kappa shape index (κ3) is 2.98. The summed E-state index contributed by atoms with van der Waals surface area (Å²) < 4.78 is 0. The molecule has 0 aromatic heterocycles. The van der Waals surface area contributed by atoms with Gasteiger partial charge in [-0.25, -0.2) is 0 Å². The Bertz CT molecular complexity index is 1230. The van der Waals surface area contributed by atoms with Gasteiger partial charge in [0.25, 0.3) is 5.91 Å². The number of nitrogens with zero attached hydrogens (tertiary/aromatic N) is 2. The highest BCUT2D eigenvalue weighted by atomic mass is 16.4. The molecule has 35 heavy (non-hydrogen) atoms. The Labute approximate surface area is 201 Å². The van der Waals surface area contributed by atoms with E-state index in [4.69, 9.17) is 5.73 Å². The van der Waals surface area contributed by atoms with Gasteiger partial charge in [-0.1, -0.05) is 6.92 Å². The SMILES string of the molecule is C[C@H]1c2c(N(C)C)ccc(O)c2C(O)=C2C(=O)[C@]3(O)C(O)=C(C(N)=O)C(=O)C(N(C)C)[C@@H]3[C@@H](O)[C@@H]21. The predicted molar refractivity (Wildman–Crippen MR) is 125 cm³/mol. The molecule has 0 radical (unpaired) electrons. The van der Waals surface area contributed by atoms with Crippen LogP contribution in [0.5, 0.6) is 5.75 Å². The van der Waals surface area contributed by atoms with Crippen molar-refractivity contribution in [3.05, 3.63) is 40.2 Å². The van der Waals surface area contributed by atoms with Crippen molar-refractivity contribution in [3.8, 4) is 5.75 Å². The summed E-state index contributed by atoms with van der Waals surface area (Å²) in [7, 11) is 6.44. The number of phenolic OH excluding ortho intramolecular Hbond substituents is 1. The van der Waals surface area contributed by atoms with Gasteiger partial charge in [-0.3, -0.25) is 19.3 Å². The van der Waals surface area contributed by atoms with Gasteiger partial charge in [-0.05, 0) is 37.7 Å². The summed E-state index contributed by atoms with van der Waals surface area (Å²) in [5.74, 6) is -9.04. The molecule has 1 saturated carbocycles. The van der Waals surface area contributed by atoms with Crippen LogP contribution in [0, 0.1) is 11.8 Å². The molecular formula is C24H29N3O8. The average Bonchev–Trinajstić information content (AvgIpc) is 2.75. The van der Waals surface area contributed by atoms with Crippen molar-refractivity contribution in [1.82, 2.24) is 4.90 Å². The van der Waals surface area contributed by atoms with E-state index >= 15 is 0 Å². The number of carbonyl (C=O) groups is 3. The number of ketones is 2. The first-order valence-corrected chi connectivity index (χ1v) is 11.1. The van der Waals surface area contributed by atoms with Gasteiger partial charge in [0, 0.05) is 31.3 Å². The molecule has 1 aromatic rings. The first kappa shape index (κ1) is 24.7. The van der Waals surface area contributed by atoms with Crippen LogP contribution in [0.15, 0.2) is 29.0 Å². The molecule has 0 bridgehead atoms. The quantitative estimate of drug-likeness (QED) is 0.305. The van der Waals surface area contributed by atoms with Crippen molar-refractivity contribution in [2.45, 2.75) is 30.6 Å². The van der Waals surface area contributed by atoms with Crippen LogP contribution >= 0.6 is 0 Å². The lowest BCUT2D eigenvalue weighted by Crippen LogP contribution is -2.70. The summed E-state index contributed by atoms with van der Waals surface area (Å²) in [6, 6.07) is 1.60. The van der Waals surface area contributed by atoms with Crippen molar-refractivity contribution in [3.63, 3.8) is 0 Å². The molecule has 3 aliphatic rings. The highest BCUT2D eigenvalue weighted by Gasteiger charge is 2.68. The van der Waals surface area contributed by atoms with E-state index in [0.717, 1.165) is 0 Å². The van der Waals surface area contributed by atoms with E-state index in [2.05, 4.69) is 0 Å². The normalized spacial score (nSPS) is 32.4. The topological polar surface area (TPSA) is 185 Å². The number of carbonyl (C=O) groups excluding carboxylic acids is 3. The number of aliphatic hydroxyl groups excluding tert-OH is 3. The van der Waals surface area contributed by atoms with E-state index in [1.54, 1.807) is 32.0 Å². The Morgan fingerprint density at radius 1 is 1.09 bits per heavy atom. The lowest BCUT2D eigenvalue weighted by Gasteiger charge is -2.54. The second-order valence-electron chi connectivity index (χ2n) is 9.84. The molecule has 4 rings (SSSR count). The summed E-state index contributed by atoms with van der Waals surface area (Å²) >= 11 is 0. The summed E-state index contributed by atoms with van der Waals surface area (Å²) in [6.07, 6.45) is -1.62. The molecule has 1 amide bonds. The zero-order valence-corrected chi connectivity index (χ0v) is 20.0. The number of likely N-dealkylation sites (N-methyl/N-ethyl adjacent to an activating group) is 1. The summed E-state index contributed by atoms with van der Waals surface area (Å²) in [4.78, 5) is 42.1. The molecule has 0 heterocycles. The predicted octanol–water partition coefficient (Wildman–Crippen LogP) is -0.438. The van der Waals surface area contributed by atoms with Gasteiger partial charge in [0.05, 0.1) is 23.6 Å². The Balaban J connectivity index is 2.09. The number of anilines is 1. The van der Waals surface area contributed by atoms with Crippen LogP contribution in [-0.4, -0.2) is 93.8 Å². The van der Waals surface area contributed by atoms with Crippen molar-refractivity contribution in [2.24, 2.45) is 17.6 Å². The van der Waals surface area contributed by atoms with Crippen LogP contribution in [0.25, 0.3) is 5.76 Å². The smallest absolute Gasteiger partial charge is 0.255 e. The fourth-order valence-corrected chi connectivity index (χ4v) is 6.06. The van der Waals surface area contributed by atoms with Crippen LogP contribution < -0.4 is 10.6 Å². The fraction of sp³-hybridized carbons (Fsp3) is 0.458. The van der Waals surface area contributed by atoms with Crippen LogP contribution in [0.1, 0.15) is 24.0 Å². The molecule has 7 N–H and O–H groups in total. The Kier molecular flexibility index (Phi) is 5.51. The maximum atomic E-state index is 13.9. The van der Waals surface area contributed by atoms with E-state index in [1.165, 1.54) is 25.1 Å². The Morgan fingerprint density at radius 3 is 2.20 bits per heavy atom. The van der Waals surface area contributed by atoms with Gasteiger partial charge < -0.3 is 36.2 Å². The number of amides is 1. The molecule has 0 saturated heterocycles. The zero-order chi connectivity index (χ0) is 26.3. The first-order valence-electron chi connectivity index (χ1n) is 11.1. The van der Waals surface area contributed by atoms with Crippen LogP contribution in [-0.2, 0) is 14.4 Å². The molecule has 1 unspecified atom stereocenters. The van der Waals surface area contributed by atoms with Crippen molar-refractivity contribution >= 4 is 28.9 Å². The fourth-order valence-electron chi connectivity index (χ4n) is 6.06. The molecular weight excluding hydrogens is 458 g/mol. The monoisotopic (exact) mass is 487 g/mol. The van der Waals surface area contributed by atoms with Gasteiger partial charge in [0.2, 0.25) is 5.78 Å². The highest BCUT2D eigenvalue weighted by Crippen LogP contribution is 2.57. The minimum Gasteiger partial charge on any atom is -0.508 e. The second-order valence-corrected chi connectivity index (χ2v) is 9.84. The second kappa shape index (κ2) is 7.80. The summed E-state index contributed by atoms with van der Waals surface area (Å²) in [5, 5.41) is 55.9. The standard InChI is InChI=1S/C24H29N3O8/c1-8-11-9(26(2)3)6-7-10(28)13(11)18(29)14-12(8)19(30)16-17(27(4)5)20(31)15(23(25)34)22(33)24(16,35)21(14)32/h6-8,12,16-17,19,28-30,33,35H,1-5H3,(H2,25,34)/t8-,12+,16+,17?,19-,24-/m0/s1. The molecule has 188 valence electrons. The summed E-state index contributed by atoms with van der Waals surface area (Å²) in [5.41, 5.74) is 2.09. The molecule has 11 heteroatoms. The van der Waals surface area contributed by atoms with E-state index in [0.29, 0.717) is 11.3 Å². The molecule has 0 spiro atoms. The number of rotatable bonds is 3. The number of hydrogen-bond donors (Lipinski definition) is 6. The average molecular weight is 488 g/mol. The molecule has 0 aliphatic heterocycles. The van der Waals surface area contributed by atoms with Gasteiger partial charge >= 0.3 is 0 Å². The van der Waals surface area contributed by atoms with Crippen molar-refractivity contribution < 1.29 is 39.9 Å². The molecule has 3 aliphatic carbocycles. The molecule has 6 atom stereocenters. The summed E-state index contributed by atoms with van der Waals surface area (Å²) in [6.45, 7) is 1.70. The van der Waals surface area contributed by atoms with Gasteiger partial charge in [0.1, 0.15) is 22.8 Å². The van der Waals surface area contributed by atoms with E-state index in [1.807, 2.05) is 0 Å². The number of fused-ring (bicyclic) bond motifs is 3. The lowest BCUT2D eigenvalue weighted by molar-refractivity contribution is -0.169. The molecule has 1 fully saturated rings. The van der Waals surface area contributed by atoms with E-state index in [9.17, 15) is 39.9 Å². The zero-order valence-electron chi connectivity index (χ0n) is 20.0. The maximum absolute atomic E-state index is 13.9. The Hall–Kier alpha value is -3.41. The number of primary amides is 1.